The van der Waals surface area contributed by atoms with E-state index < -0.39 is 6.04 Å². The molecule has 0 aliphatic heterocycles. The molecule has 3 rings (SSSR count). The highest BCUT2D eigenvalue weighted by atomic mass is 35.5. The summed E-state index contributed by atoms with van der Waals surface area (Å²) in [7, 11) is 0. The minimum Gasteiger partial charge on any atom is -0.372 e. The number of Topliss-reactive ketones (excluding diaryl/α,β-unsaturated/α-hetero) is 1. The molecule has 0 bridgehead atoms. The molecule has 0 amide bonds. The van der Waals surface area contributed by atoms with Crippen molar-refractivity contribution >= 4 is 34.7 Å². The molecule has 0 fully saturated rings. The Hall–Kier alpha value is -2.29. The Morgan fingerprint density at radius 1 is 0.840 bits per heavy atom. The van der Waals surface area contributed by atoms with Crippen LogP contribution in [0.2, 0.25) is 10.0 Å². The van der Waals surface area contributed by atoms with E-state index in [0.29, 0.717) is 16.5 Å². The van der Waals surface area contributed by atoms with Gasteiger partial charge in [0.2, 0.25) is 0 Å². The van der Waals surface area contributed by atoms with Crippen LogP contribution in [0.3, 0.4) is 0 Å². The van der Waals surface area contributed by atoms with Crippen molar-refractivity contribution in [1.82, 2.24) is 0 Å². The molecule has 0 saturated heterocycles. The molecule has 4 heteroatoms. The lowest BCUT2D eigenvalue weighted by molar-refractivity contribution is -0.119. The van der Waals surface area contributed by atoms with Crippen molar-refractivity contribution in [2.75, 3.05) is 5.32 Å². The number of carbonyl (C=O) groups is 1. The molecule has 1 unspecified atom stereocenters. The number of rotatable bonds is 6. The van der Waals surface area contributed by atoms with Crippen LogP contribution in [-0.2, 0) is 11.2 Å². The number of nitrogens with one attached hydrogen (secondary N) is 1. The first-order valence-electron chi connectivity index (χ1n) is 7.96. The molecule has 2 nitrogen and oxygen atoms in total. The minimum absolute atomic E-state index is 0.0865. The fourth-order valence-electron chi connectivity index (χ4n) is 2.65. The van der Waals surface area contributed by atoms with Crippen LogP contribution < -0.4 is 5.32 Å². The molecule has 1 atom stereocenters. The molecule has 3 aromatic carbocycles. The Balaban J connectivity index is 1.87. The van der Waals surface area contributed by atoms with Gasteiger partial charge in [0.25, 0.3) is 0 Å². The largest absolute Gasteiger partial charge is 0.372 e. The van der Waals surface area contributed by atoms with Crippen LogP contribution in [0.5, 0.6) is 0 Å². The highest BCUT2D eigenvalue weighted by molar-refractivity contribution is 6.42. The summed E-state index contributed by atoms with van der Waals surface area (Å²) in [6, 6.07) is 24.2. The molecular formula is C21H17Cl2NO. The van der Waals surface area contributed by atoms with E-state index in [1.54, 1.807) is 12.1 Å². The predicted molar refractivity (Wildman–Crippen MR) is 104 cm³/mol. The zero-order chi connectivity index (χ0) is 17.6. The van der Waals surface area contributed by atoms with Gasteiger partial charge in [-0.25, -0.2) is 0 Å². The van der Waals surface area contributed by atoms with Crippen LogP contribution in [0.4, 0.5) is 5.69 Å². The summed E-state index contributed by atoms with van der Waals surface area (Å²) < 4.78 is 0. The summed E-state index contributed by atoms with van der Waals surface area (Å²) in [4.78, 5) is 12.9. The van der Waals surface area contributed by atoms with Crippen molar-refractivity contribution in [3.8, 4) is 0 Å². The zero-order valence-electron chi connectivity index (χ0n) is 13.5. The second-order valence-electron chi connectivity index (χ2n) is 5.75. The van der Waals surface area contributed by atoms with Crippen LogP contribution in [0.15, 0.2) is 78.9 Å². The van der Waals surface area contributed by atoms with Crippen molar-refractivity contribution in [2.45, 2.75) is 12.5 Å². The lowest BCUT2D eigenvalue weighted by atomic mass is 9.97. The smallest absolute Gasteiger partial charge is 0.163 e. The number of hydrogen-bond acceptors (Lipinski definition) is 2. The SMILES string of the molecule is O=C(Cc1ccccc1)C(Nc1ccc(Cl)c(Cl)c1)c1ccccc1. The van der Waals surface area contributed by atoms with E-state index in [9.17, 15) is 4.79 Å². The van der Waals surface area contributed by atoms with E-state index in [1.165, 1.54) is 0 Å². The first kappa shape index (κ1) is 17.5. The van der Waals surface area contributed by atoms with Crippen LogP contribution in [0, 0.1) is 0 Å². The van der Waals surface area contributed by atoms with E-state index in [0.717, 1.165) is 16.8 Å². The van der Waals surface area contributed by atoms with Gasteiger partial charge in [0.15, 0.2) is 5.78 Å². The molecule has 3 aromatic rings. The number of carbonyl (C=O) groups excluding carboxylic acids is 1. The standard InChI is InChI=1S/C21H17Cl2NO/c22-18-12-11-17(14-19(18)23)24-21(16-9-5-2-6-10-16)20(25)13-15-7-3-1-4-8-15/h1-12,14,21,24H,13H2. The quantitative estimate of drug-likeness (QED) is 0.580. The summed E-state index contributed by atoms with van der Waals surface area (Å²) in [5, 5.41) is 4.23. The number of halogens is 2. The van der Waals surface area contributed by atoms with E-state index in [4.69, 9.17) is 23.2 Å². The predicted octanol–water partition coefficient (Wildman–Crippen LogP) is 5.96. The molecule has 1 N–H and O–H groups in total. The third-order valence-corrected chi connectivity index (χ3v) is 4.65. The lowest BCUT2D eigenvalue weighted by Gasteiger charge is -2.20. The van der Waals surface area contributed by atoms with E-state index in [1.807, 2.05) is 66.7 Å². The number of ketones is 1. The summed E-state index contributed by atoms with van der Waals surface area (Å²) in [6.07, 6.45) is 0.356. The second-order valence-corrected chi connectivity index (χ2v) is 6.56. The van der Waals surface area contributed by atoms with Crippen LogP contribution in [-0.4, -0.2) is 5.78 Å². The maximum atomic E-state index is 12.9. The van der Waals surface area contributed by atoms with Crippen molar-refractivity contribution in [3.05, 3.63) is 100 Å². The number of hydrogen-bond donors (Lipinski definition) is 1. The fraction of sp³-hybridized carbons (Fsp3) is 0.0952. The molecule has 0 saturated carbocycles. The Labute approximate surface area is 157 Å². The Morgan fingerprint density at radius 3 is 2.12 bits per heavy atom. The van der Waals surface area contributed by atoms with E-state index >= 15 is 0 Å². The monoisotopic (exact) mass is 369 g/mol. The van der Waals surface area contributed by atoms with Gasteiger partial charge in [-0.3, -0.25) is 4.79 Å². The summed E-state index contributed by atoms with van der Waals surface area (Å²) in [5.74, 6) is 0.0865. The van der Waals surface area contributed by atoms with E-state index in [2.05, 4.69) is 5.32 Å². The highest BCUT2D eigenvalue weighted by Gasteiger charge is 2.20. The maximum absolute atomic E-state index is 12.9. The molecule has 126 valence electrons. The van der Waals surface area contributed by atoms with Gasteiger partial charge >= 0.3 is 0 Å². The van der Waals surface area contributed by atoms with Gasteiger partial charge in [-0.2, -0.15) is 0 Å². The van der Waals surface area contributed by atoms with Crippen LogP contribution in [0.25, 0.3) is 0 Å². The van der Waals surface area contributed by atoms with Gasteiger partial charge < -0.3 is 5.32 Å². The second kappa shape index (κ2) is 8.19. The van der Waals surface area contributed by atoms with Crippen molar-refractivity contribution in [1.29, 1.82) is 0 Å². The van der Waals surface area contributed by atoms with Gasteiger partial charge in [-0.15, -0.1) is 0 Å². The first-order chi connectivity index (χ1) is 12.1. The normalized spacial score (nSPS) is 11.8. The molecular weight excluding hydrogens is 353 g/mol. The minimum atomic E-state index is -0.460. The third-order valence-electron chi connectivity index (χ3n) is 3.91. The summed E-state index contributed by atoms with van der Waals surface area (Å²) in [6.45, 7) is 0. The molecule has 0 heterocycles. The van der Waals surface area contributed by atoms with Crippen molar-refractivity contribution in [3.63, 3.8) is 0 Å². The Bertz CT molecular complexity index is 850. The molecule has 0 spiro atoms. The van der Waals surface area contributed by atoms with Crippen LogP contribution in [0.1, 0.15) is 17.2 Å². The van der Waals surface area contributed by atoms with E-state index in [-0.39, 0.29) is 5.78 Å². The van der Waals surface area contributed by atoms with Gasteiger partial charge in [0.1, 0.15) is 6.04 Å². The molecule has 25 heavy (non-hydrogen) atoms. The molecule has 0 aromatic heterocycles. The summed E-state index contributed by atoms with van der Waals surface area (Å²) in [5.41, 5.74) is 2.66. The molecule has 0 aliphatic carbocycles. The van der Waals surface area contributed by atoms with Crippen molar-refractivity contribution in [2.24, 2.45) is 0 Å². The van der Waals surface area contributed by atoms with Gasteiger partial charge in [0.05, 0.1) is 10.0 Å². The number of benzene rings is 3. The lowest BCUT2D eigenvalue weighted by Crippen LogP contribution is -2.22. The zero-order valence-corrected chi connectivity index (χ0v) is 15.0. The first-order valence-corrected chi connectivity index (χ1v) is 8.72. The van der Waals surface area contributed by atoms with Crippen molar-refractivity contribution < 1.29 is 4.79 Å². The van der Waals surface area contributed by atoms with Gasteiger partial charge in [-0.05, 0) is 29.3 Å². The number of anilines is 1. The Kier molecular flexibility index (Phi) is 5.75. The molecule has 0 aliphatic rings. The topological polar surface area (TPSA) is 29.1 Å². The van der Waals surface area contributed by atoms with Gasteiger partial charge in [0, 0.05) is 12.1 Å². The molecule has 0 radical (unpaired) electrons. The third kappa shape index (κ3) is 4.62. The van der Waals surface area contributed by atoms with Gasteiger partial charge in [-0.1, -0.05) is 83.9 Å². The maximum Gasteiger partial charge on any atom is 0.163 e. The summed E-state index contributed by atoms with van der Waals surface area (Å²) >= 11 is 12.1. The fourth-order valence-corrected chi connectivity index (χ4v) is 2.94. The average molecular weight is 370 g/mol. The average Bonchev–Trinajstić information content (AvgIpc) is 2.64. The van der Waals surface area contributed by atoms with Crippen LogP contribution >= 0.6 is 23.2 Å². The highest BCUT2D eigenvalue weighted by Crippen LogP contribution is 2.28. The Morgan fingerprint density at radius 2 is 1.48 bits per heavy atom.